The fourth-order valence-electron chi connectivity index (χ4n) is 5.12. The molecule has 0 bridgehead atoms. The van der Waals surface area contributed by atoms with Crippen LogP contribution in [0.3, 0.4) is 0 Å². The predicted molar refractivity (Wildman–Crippen MR) is 168 cm³/mol. The van der Waals surface area contributed by atoms with Crippen molar-refractivity contribution in [1.29, 1.82) is 0 Å². The zero-order valence-corrected chi connectivity index (χ0v) is 25.0. The van der Waals surface area contributed by atoms with Gasteiger partial charge < -0.3 is 29.6 Å². The van der Waals surface area contributed by atoms with E-state index < -0.39 is 29.9 Å². The number of aryl methyl sites for hydroxylation is 2. The summed E-state index contributed by atoms with van der Waals surface area (Å²) in [5, 5.41) is 5.31. The molecule has 1 aromatic heterocycles. The van der Waals surface area contributed by atoms with E-state index in [9.17, 15) is 24.0 Å². The molecule has 0 saturated carbocycles. The van der Waals surface area contributed by atoms with Crippen LogP contribution in [0.5, 0.6) is 0 Å². The number of ketones is 1. The zero-order valence-electron chi connectivity index (χ0n) is 25.0. The van der Waals surface area contributed by atoms with Crippen molar-refractivity contribution in [3.63, 3.8) is 0 Å². The summed E-state index contributed by atoms with van der Waals surface area (Å²) in [6, 6.07) is 19.5. The lowest BCUT2D eigenvalue weighted by Gasteiger charge is -2.25. The van der Waals surface area contributed by atoms with Gasteiger partial charge in [0, 0.05) is 11.3 Å². The maximum absolute atomic E-state index is 14.2. The monoisotopic (exact) mass is 608 g/mol. The molecule has 0 aliphatic carbocycles. The molecule has 11 heteroatoms. The molecule has 45 heavy (non-hydrogen) atoms. The van der Waals surface area contributed by atoms with Crippen LogP contribution in [0.25, 0.3) is 0 Å². The van der Waals surface area contributed by atoms with E-state index in [1.807, 2.05) is 26.0 Å². The predicted octanol–water partition coefficient (Wildman–Crippen LogP) is 5.14. The first kappa shape index (κ1) is 30.7. The van der Waals surface area contributed by atoms with Crippen LogP contribution in [0.15, 0.2) is 89.5 Å². The van der Waals surface area contributed by atoms with E-state index in [0.29, 0.717) is 16.9 Å². The van der Waals surface area contributed by atoms with E-state index >= 15 is 0 Å². The molecule has 0 saturated heterocycles. The van der Waals surface area contributed by atoms with Gasteiger partial charge in [0.2, 0.25) is 0 Å². The van der Waals surface area contributed by atoms with Crippen LogP contribution < -0.4 is 20.4 Å². The van der Waals surface area contributed by atoms with Gasteiger partial charge in [0.05, 0.1) is 42.9 Å². The second-order valence-electron chi connectivity index (χ2n) is 10.5. The molecular weight excluding hydrogens is 576 g/mol. The minimum atomic E-state index is -1.27. The number of carbonyl (C=O) groups is 5. The van der Waals surface area contributed by atoms with Crippen LogP contribution in [-0.2, 0) is 9.53 Å². The molecule has 2 heterocycles. The minimum Gasteiger partial charge on any atom is -0.462 e. The Morgan fingerprint density at radius 2 is 1.73 bits per heavy atom. The summed E-state index contributed by atoms with van der Waals surface area (Å²) >= 11 is 0. The molecule has 0 spiro atoms. The first-order valence-electron chi connectivity index (χ1n) is 14.4. The van der Waals surface area contributed by atoms with Crippen molar-refractivity contribution in [1.82, 2.24) is 5.32 Å². The van der Waals surface area contributed by atoms with Gasteiger partial charge in [-0.15, -0.1) is 0 Å². The number of rotatable bonds is 8. The van der Waals surface area contributed by atoms with Gasteiger partial charge in [0.15, 0.2) is 11.5 Å². The summed E-state index contributed by atoms with van der Waals surface area (Å²) in [6.07, 6.45) is 1.37. The molecular formula is C34H32N4O7. The van der Waals surface area contributed by atoms with Crippen molar-refractivity contribution in [3.8, 4) is 0 Å². The molecule has 1 atom stereocenters. The molecule has 0 radical (unpaired) electrons. The van der Waals surface area contributed by atoms with E-state index in [4.69, 9.17) is 9.15 Å². The third kappa shape index (κ3) is 6.77. The molecule has 3 aromatic carbocycles. The second-order valence-corrected chi connectivity index (χ2v) is 10.5. The second kappa shape index (κ2) is 13.3. The Morgan fingerprint density at radius 1 is 0.933 bits per heavy atom. The zero-order chi connectivity index (χ0) is 32.1. The number of fused-ring (bicyclic) bond motifs is 1. The highest BCUT2D eigenvalue weighted by atomic mass is 16.5. The number of amides is 4. The fraction of sp³-hybridized carbons (Fsp3) is 0.206. The highest BCUT2D eigenvalue weighted by Gasteiger charge is 2.39. The van der Waals surface area contributed by atoms with E-state index in [1.165, 1.54) is 28.2 Å². The van der Waals surface area contributed by atoms with E-state index in [0.717, 1.165) is 11.1 Å². The number of hydrogen-bond donors (Lipinski definition) is 2. The number of Topliss-reactive ketones (excluding diaryl/α,β-unsaturated/α-hetero) is 1. The molecule has 2 N–H and O–H groups in total. The maximum Gasteiger partial charge on any atom is 0.338 e. The fourth-order valence-corrected chi connectivity index (χ4v) is 5.12. The summed E-state index contributed by atoms with van der Waals surface area (Å²) in [7, 11) is 0. The molecule has 1 aliphatic rings. The van der Waals surface area contributed by atoms with Gasteiger partial charge in [-0.2, -0.15) is 0 Å². The third-order valence-corrected chi connectivity index (χ3v) is 7.30. The molecule has 4 amide bonds. The summed E-state index contributed by atoms with van der Waals surface area (Å²) in [5.74, 6) is -1.93. The van der Waals surface area contributed by atoms with Crippen molar-refractivity contribution in [2.24, 2.45) is 0 Å². The number of furan rings is 1. The Labute approximate surface area is 259 Å². The number of anilines is 3. The smallest absolute Gasteiger partial charge is 0.338 e. The van der Waals surface area contributed by atoms with Crippen LogP contribution in [-0.4, -0.2) is 55.3 Å². The van der Waals surface area contributed by atoms with Crippen molar-refractivity contribution in [2.45, 2.75) is 26.8 Å². The van der Waals surface area contributed by atoms with Crippen LogP contribution in [0.1, 0.15) is 49.3 Å². The van der Waals surface area contributed by atoms with Crippen molar-refractivity contribution < 1.29 is 33.1 Å². The van der Waals surface area contributed by atoms with Crippen molar-refractivity contribution in [3.05, 3.63) is 113 Å². The van der Waals surface area contributed by atoms with Gasteiger partial charge in [-0.25, -0.2) is 9.59 Å². The normalized spacial score (nSPS) is 14.3. The maximum atomic E-state index is 14.2. The average molecular weight is 609 g/mol. The molecule has 230 valence electrons. The van der Waals surface area contributed by atoms with Crippen LogP contribution in [0.2, 0.25) is 0 Å². The number of nitrogens with zero attached hydrogens (tertiary/aromatic N) is 2. The number of nitrogens with one attached hydrogen (secondary N) is 2. The topological polar surface area (TPSA) is 138 Å². The first-order chi connectivity index (χ1) is 21.7. The number of esters is 1. The number of hydrogen-bond acceptors (Lipinski definition) is 7. The largest absolute Gasteiger partial charge is 0.462 e. The summed E-state index contributed by atoms with van der Waals surface area (Å²) in [4.78, 5) is 69.6. The Kier molecular flexibility index (Phi) is 9.08. The Hall–Kier alpha value is -5.71. The lowest BCUT2D eigenvalue weighted by atomic mass is 10.0. The molecule has 0 fully saturated rings. The van der Waals surface area contributed by atoms with Gasteiger partial charge in [0.25, 0.3) is 11.8 Å². The molecule has 4 aromatic rings. The van der Waals surface area contributed by atoms with Gasteiger partial charge in [-0.05, 0) is 74.4 Å². The minimum absolute atomic E-state index is 0.0393. The van der Waals surface area contributed by atoms with Gasteiger partial charge in [-0.1, -0.05) is 36.4 Å². The summed E-state index contributed by atoms with van der Waals surface area (Å²) in [6.45, 7) is 4.95. The van der Waals surface area contributed by atoms with E-state index in [2.05, 4.69) is 10.6 Å². The SMILES string of the molecule is CCOC(=O)c1cccc(NC(=O)NC2CN(C(=O)c3ccco3)c3ccc(C)cc3N(CC(=O)c3ccccc3C)C2=O)c1. The Bertz CT molecular complexity index is 1770. The summed E-state index contributed by atoms with van der Waals surface area (Å²) in [5.41, 5.74) is 3.24. The standard InChI is InChI=1S/C34H32N4O7/c1-4-44-33(42)23-10-7-11-24(18-23)35-34(43)36-26-19-37(32(41)30-13-8-16-45-30)27-15-14-21(2)17-28(27)38(31(26)40)20-29(39)25-12-6-5-9-22(25)3/h5-18,26H,4,19-20H2,1-3H3,(H2,35,36,43). The van der Waals surface area contributed by atoms with Crippen molar-refractivity contribution >= 4 is 46.7 Å². The van der Waals surface area contributed by atoms with Crippen LogP contribution >= 0.6 is 0 Å². The highest BCUT2D eigenvalue weighted by Crippen LogP contribution is 2.35. The van der Waals surface area contributed by atoms with Gasteiger partial charge in [0.1, 0.15) is 6.04 Å². The Balaban J connectivity index is 1.50. The van der Waals surface area contributed by atoms with Crippen molar-refractivity contribution in [2.75, 3.05) is 34.8 Å². The number of urea groups is 1. The summed E-state index contributed by atoms with van der Waals surface area (Å²) < 4.78 is 10.4. The lowest BCUT2D eigenvalue weighted by Crippen LogP contribution is -2.54. The van der Waals surface area contributed by atoms with E-state index in [-0.39, 0.29) is 42.5 Å². The molecule has 5 rings (SSSR count). The number of benzene rings is 3. The van der Waals surface area contributed by atoms with Crippen LogP contribution in [0, 0.1) is 13.8 Å². The Morgan fingerprint density at radius 3 is 2.47 bits per heavy atom. The first-order valence-corrected chi connectivity index (χ1v) is 14.4. The highest BCUT2D eigenvalue weighted by molar-refractivity contribution is 6.14. The third-order valence-electron chi connectivity index (χ3n) is 7.30. The number of carbonyl (C=O) groups excluding carboxylic acids is 5. The average Bonchev–Trinajstić information content (AvgIpc) is 3.54. The van der Waals surface area contributed by atoms with Crippen LogP contribution in [0.4, 0.5) is 21.9 Å². The molecule has 1 aliphatic heterocycles. The molecule has 11 nitrogen and oxygen atoms in total. The number of ether oxygens (including phenoxy) is 1. The van der Waals surface area contributed by atoms with E-state index in [1.54, 1.807) is 61.5 Å². The van der Waals surface area contributed by atoms with Gasteiger partial charge >= 0.3 is 12.0 Å². The lowest BCUT2D eigenvalue weighted by molar-refractivity contribution is -0.119. The quantitative estimate of drug-likeness (QED) is 0.209. The van der Waals surface area contributed by atoms with Gasteiger partial charge in [-0.3, -0.25) is 14.4 Å². The molecule has 1 unspecified atom stereocenters.